The summed E-state index contributed by atoms with van der Waals surface area (Å²) in [7, 11) is 0. The first kappa shape index (κ1) is 10.7. The fourth-order valence-electron chi connectivity index (χ4n) is 1.77. The van der Waals surface area contributed by atoms with Crippen LogP contribution in [0.1, 0.15) is 0 Å². The molecule has 2 nitrogen and oxygen atoms in total. The van der Waals surface area contributed by atoms with E-state index in [9.17, 15) is 4.39 Å². The zero-order valence-corrected chi connectivity index (χ0v) is 9.51. The molecule has 0 radical (unpaired) electrons. The third-order valence-corrected chi connectivity index (χ3v) is 2.65. The first-order valence-corrected chi connectivity index (χ1v) is 5.60. The van der Waals surface area contributed by atoms with Crippen molar-refractivity contribution >= 4 is 0 Å². The minimum atomic E-state index is -0.281. The summed E-state index contributed by atoms with van der Waals surface area (Å²) in [5, 5.41) is 0. The van der Waals surface area contributed by atoms with E-state index in [1.54, 1.807) is 12.1 Å². The van der Waals surface area contributed by atoms with Gasteiger partial charge in [0.2, 0.25) is 5.89 Å². The van der Waals surface area contributed by atoms with Crippen LogP contribution in [0.3, 0.4) is 0 Å². The van der Waals surface area contributed by atoms with Crippen LogP contribution >= 0.6 is 0 Å². The first-order valence-electron chi connectivity index (χ1n) is 5.60. The van der Waals surface area contributed by atoms with Gasteiger partial charge in [0, 0.05) is 11.1 Å². The van der Waals surface area contributed by atoms with Crippen molar-refractivity contribution in [2.75, 3.05) is 0 Å². The minimum absolute atomic E-state index is 0.281. The molecule has 0 spiro atoms. The molecule has 0 aliphatic carbocycles. The smallest absolute Gasteiger partial charge is 0.226 e. The monoisotopic (exact) mass is 239 g/mol. The van der Waals surface area contributed by atoms with Crippen molar-refractivity contribution < 1.29 is 8.81 Å². The highest BCUT2D eigenvalue weighted by molar-refractivity contribution is 5.62. The lowest BCUT2D eigenvalue weighted by Crippen LogP contribution is -1.81. The summed E-state index contributed by atoms with van der Waals surface area (Å²) in [6.45, 7) is 0. The second-order valence-electron chi connectivity index (χ2n) is 3.91. The van der Waals surface area contributed by atoms with Gasteiger partial charge < -0.3 is 4.42 Å². The predicted molar refractivity (Wildman–Crippen MR) is 67.3 cm³/mol. The molecular formula is C15H10FNO. The molecule has 0 saturated heterocycles. The molecular weight excluding hydrogens is 229 g/mol. The van der Waals surface area contributed by atoms with Crippen molar-refractivity contribution in [1.29, 1.82) is 0 Å². The number of aromatic nitrogens is 1. The minimum Gasteiger partial charge on any atom is -0.444 e. The fourth-order valence-corrected chi connectivity index (χ4v) is 1.77. The van der Waals surface area contributed by atoms with Crippen molar-refractivity contribution in [3.63, 3.8) is 0 Å². The van der Waals surface area contributed by atoms with Crippen LogP contribution in [0.25, 0.3) is 22.7 Å². The number of benzene rings is 2. The molecule has 0 aliphatic rings. The highest BCUT2D eigenvalue weighted by atomic mass is 19.1. The average molecular weight is 239 g/mol. The number of hydrogen-bond acceptors (Lipinski definition) is 2. The van der Waals surface area contributed by atoms with Gasteiger partial charge in [-0.1, -0.05) is 30.3 Å². The maximum absolute atomic E-state index is 13.1. The van der Waals surface area contributed by atoms with Crippen molar-refractivity contribution in [1.82, 2.24) is 4.98 Å². The average Bonchev–Trinajstić information content (AvgIpc) is 2.89. The van der Waals surface area contributed by atoms with Gasteiger partial charge in [0.1, 0.15) is 17.8 Å². The number of nitrogens with zero attached hydrogens (tertiary/aromatic N) is 1. The van der Waals surface area contributed by atoms with Crippen LogP contribution < -0.4 is 0 Å². The summed E-state index contributed by atoms with van der Waals surface area (Å²) in [6, 6.07) is 15.9. The summed E-state index contributed by atoms with van der Waals surface area (Å²) in [6.07, 6.45) is 1.54. The molecule has 0 aliphatic heterocycles. The Kier molecular flexibility index (Phi) is 2.65. The molecule has 0 fully saturated rings. The van der Waals surface area contributed by atoms with Crippen LogP contribution in [-0.2, 0) is 0 Å². The van der Waals surface area contributed by atoms with Gasteiger partial charge in [-0.25, -0.2) is 9.37 Å². The van der Waals surface area contributed by atoms with Gasteiger partial charge in [-0.3, -0.25) is 0 Å². The lowest BCUT2D eigenvalue weighted by atomic mass is 10.2. The lowest BCUT2D eigenvalue weighted by molar-refractivity contribution is 0.575. The number of hydrogen-bond donors (Lipinski definition) is 0. The Morgan fingerprint density at radius 2 is 1.67 bits per heavy atom. The van der Waals surface area contributed by atoms with Crippen molar-refractivity contribution in [3.05, 3.63) is 66.7 Å². The van der Waals surface area contributed by atoms with Crippen molar-refractivity contribution in [2.45, 2.75) is 0 Å². The Bertz CT molecular complexity index is 661. The predicted octanol–water partition coefficient (Wildman–Crippen LogP) is 4.15. The molecule has 3 aromatic rings. The molecule has 0 bridgehead atoms. The fraction of sp³-hybridized carbons (Fsp3) is 0. The molecule has 0 saturated carbocycles. The quantitative estimate of drug-likeness (QED) is 0.671. The molecule has 0 amide bonds. The molecule has 0 N–H and O–H groups in total. The number of rotatable bonds is 2. The SMILES string of the molecule is Fc1cccc(-c2coc(-c3ccccc3)n2)c1. The maximum atomic E-state index is 13.1. The molecule has 3 rings (SSSR count). The highest BCUT2D eigenvalue weighted by Crippen LogP contribution is 2.24. The van der Waals surface area contributed by atoms with E-state index in [0.29, 0.717) is 17.1 Å². The Morgan fingerprint density at radius 3 is 2.44 bits per heavy atom. The van der Waals surface area contributed by atoms with Gasteiger partial charge in [-0.15, -0.1) is 0 Å². The molecule has 1 heterocycles. The molecule has 1 aromatic heterocycles. The third-order valence-electron chi connectivity index (χ3n) is 2.65. The van der Waals surface area contributed by atoms with Crippen molar-refractivity contribution in [2.24, 2.45) is 0 Å². The van der Waals surface area contributed by atoms with E-state index in [4.69, 9.17) is 4.42 Å². The Morgan fingerprint density at radius 1 is 0.889 bits per heavy atom. The molecule has 3 heteroatoms. The summed E-state index contributed by atoms with van der Waals surface area (Å²) in [4.78, 5) is 4.36. The van der Waals surface area contributed by atoms with Crippen LogP contribution in [-0.4, -0.2) is 4.98 Å². The Balaban J connectivity index is 2.00. The van der Waals surface area contributed by atoms with E-state index in [1.165, 1.54) is 18.4 Å². The van der Waals surface area contributed by atoms with Crippen LogP contribution in [0, 0.1) is 5.82 Å². The molecule has 88 valence electrons. The largest absolute Gasteiger partial charge is 0.444 e. The van der Waals surface area contributed by atoms with E-state index in [1.807, 2.05) is 30.3 Å². The van der Waals surface area contributed by atoms with Gasteiger partial charge in [0.15, 0.2) is 0 Å². The van der Waals surface area contributed by atoms with E-state index >= 15 is 0 Å². The number of halogens is 1. The second kappa shape index (κ2) is 4.45. The second-order valence-corrected chi connectivity index (χ2v) is 3.91. The molecule has 0 unspecified atom stereocenters. The lowest BCUT2D eigenvalue weighted by Gasteiger charge is -1.95. The molecule has 2 aromatic carbocycles. The standard InChI is InChI=1S/C15H10FNO/c16-13-8-4-7-12(9-13)14-10-18-15(17-14)11-5-2-1-3-6-11/h1-10H. The van der Waals surface area contributed by atoms with E-state index < -0.39 is 0 Å². The van der Waals surface area contributed by atoms with Gasteiger partial charge in [-0.2, -0.15) is 0 Å². The van der Waals surface area contributed by atoms with Crippen LogP contribution in [0.15, 0.2) is 65.3 Å². The molecule has 18 heavy (non-hydrogen) atoms. The van der Waals surface area contributed by atoms with Gasteiger partial charge in [0.05, 0.1) is 0 Å². The van der Waals surface area contributed by atoms with Crippen LogP contribution in [0.2, 0.25) is 0 Å². The highest BCUT2D eigenvalue weighted by Gasteiger charge is 2.08. The van der Waals surface area contributed by atoms with Crippen LogP contribution in [0.5, 0.6) is 0 Å². The third kappa shape index (κ3) is 2.02. The normalized spacial score (nSPS) is 10.5. The molecule has 0 atom stereocenters. The Labute approximate surface area is 104 Å². The zero-order chi connectivity index (χ0) is 12.4. The van der Waals surface area contributed by atoms with Crippen molar-refractivity contribution in [3.8, 4) is 22.7 Å². The summed E-state index contributed by atoms with van der Waals surface area (Å²) in [5.41, 5.74) is 2.24. The Hall–Kier alpha value is -2.42. The van der Waals surface area contributed by atoms with E-state index in [-0.39, 0.29) is 5.82 Å². The maximum Gasteiger partial charge on any atom is 0.226 e. The van der Waals surface area contributed by atoms with Gasteiger partial charge >= 0.3 is 0 Å². The van der Waals surface area contributed by atoms with Gasteiger partial charge in [-0.05, 0) is 24.3 Å². The van der Waals surface area contributed by atoms with Crippen LogP contribution in [0.4, 0.5) is 4.39 Å². The topological polar surface area (TPSA) is 26.0 Å². The summed E-state index contributed by atoms with van der Waals surface area (Å²) >= 11 is 0. The summed E-state index contributed by atoms with van der Waals surface area (Å²) in [5.74, 6) is 0.256. The zero-order valence-electron chi connectivity index (χ0n) is 9.51. The first-order chi connectivity index (χ1) is 8.83. The number of oxazole rings is 1. The van der Waals surface area contributed by atoms with E-state index in [0.717, 1.165) is 5.56 Å². The summed E-state index contributed by atoms with van der Waals surface area (Å²) < 4.78 is 18.5. The van der Waals surface area contributed by atoms with Gasteiger partial charge in [0.25, 0.3) is 0 Å². The van der Waals surface area contributed by atoms with E-state index in [2.05, 4.69) is 4.98 Å².